The van der Waals surface area contributed by atoms with Gasteiger partial charge in [0.25, 0.3) is 5.91 Å². The van der Waals surface area contributed by atoms with Crippen molar-refractivity contribution < 1.29 is 14.6 Å². The second-order valence-corrected chi connectivity index (χ2v) is 6.99. The van der Waals surface area contributed by atoms with Crippen LogP contribution in [0.5, 0.6) is 11.5 Å². The number of halogens is 2. The average Bonchev–Trinajstić information content (AvgIpc) is 2.54. The molecule has 2 N–H and O–H groups in total. The van der Waals surface area contributed by atoms with Crippen molar-refractivity contribution in [2.75, 3.05) is 13.2 Å². The molecule has 1 aliphatic rings. The monoisotopic (exact) mass is 399 g/mol. The SMILES string of the molecule is CC1=CCC(=S)C(C(=O)NCCCCOc2c(Cl)cc(O)cc2Cl)=C1. The van der Waals surface area contributed by atoms with Gasteiger partial charge in [-0.25, -0.2) is 0 Å². The fourth-order valence-corrected chi connectivity index (χ4v) is 3.13. The molecule has 134 valence electrons. The summed E-state index contributed by atoms with van der Waals surface area (Å²) in [5, 5.41) is 12.8. The van der Waals surface area contributed by atoms with Crippen molar-refractivity contribution in [3.63, 3.8) is 0 Å². The minimum absolute atomic E-state index is 0.00919. The van der Waals surface area contributed by atoms with Gasteiger partial charge in [0.2, 0.25) is 0 Å². The number of aromatic hydroxyl groups is 1. The van der Waals surface area contributed by atoms with Crippen molar-refractivity contribution in [3.8, 4) is 11.5 Å². The molecule has 1 amide bonds. The third-order valence-corrected chi connectivity index (χ3v) is 4.56. The first-order chi connectivity index (χ1) is 11.9. The van der Waals surface area contributed by atoms with Crippen molar-refractivity contribution in [3.05, 3.63) is 45.5 Å². The van der Waals surface area contributed by atoms with E-state index in [1.165, 1.54) is 12.1 Å². The first-order valence-corrected chi connectivity index (χ1v) is 9.05. The predicted octanol–water partition coefficient (Wildman–Crippen LogP) is 4.62. The number of thiocarbonyl (C=S) groups is 1. The fraction of sp³-hybridized carbons (Fsp3) is 0.333. The third kappa shape index (κ3) is 5.73. The zero-order valence-electron chi connectivity index (χ0n) is 13.8. The Balaban J connectivity index is 1.71. The van der Waals surface area contributed by atoms with Gasteiger partial charge in [-0.1, -0.05) is 47.1 Å². The highest BCUT2D eigenvalue weighted by Crippen LogP contribution is 2.36. The minimum atomic E-state index is -0.136. The van der Waals surface area contributed by atoms with E-state index in [1.807, 2.05) is 19.1 Å². The van der Waals surface area contributed by atoms with Gasteiger partial charge in [-0.15, -0.1) is 0 Å². The lowest BCUT2D eigenvalue weighted by atomic mass is 9.99. The number of nitrogens with one attached hydrogen (secondary N) is 1. The van der Waals surface area contributed by atoms with E-state index in [0.29, 0.717) is 35.8 Å². The number of hydrogen-bond donors (Lipinski definition) is 2. The molecule has 0 atom stereocenters. The molecule has 0 spiro atoms. The highest BCUT2D eigenvalue weighted by molar-refractivity contribution is 7.81. The van der Waals surface area contributed by atoms with Gasteiger partial charge in [-0.2, -0.15) is 0 Å². The lowest BCUT2D eigenvalue weighted by molar-refractivity contribution is -0.117. The molecule has 0 heterocycles. The van der Waals surface area contributed by atoms with Crippen LogP contribution in [0.1, 0.15) is 26.2 Å². The maximum atomic E-state index is 12.1. The first-order valence-electron chi connectivity index (χ1n) is 7.89. The predicted molar refractivity (Wildman–Crippen MR) is 105 cm³/mol. The van der Waals surface area contributed by atoms with Gasteiger partial charge in [-0.3, -0.25) is 4.79 Å². The van der Waals surface area contributed by atoms with Crippen LogP contribution >= 0.6 is 35.4 Å². The maximum absolute atomic E-state index is 12.1. The number of phenols is 1. The molecule has 25 heavy (non-hydrogen) atoms. The highest BCUT2D eigenvalue weighted by Gasteiger charge is 2.16. The van der Waals surface area contributed by atoms with Gasteiger partial charge in [-0.05, 0) is 25.8 Å². The van der Waals surface area contributed by atoms with Gasteiger partial charge < -0.3 is 15.2 Å². The zero-order valence-corrected chi connectivity index (χ0v) is 16.1. The van der Waals surface area contributed by atoms with E-state index in [2.05, 4.69) is 5.32 Å². The van der Waals surface area contributed by atoms with Crippen molar-refractivity contribution >= 4 is 46.2 Å². The van der Waals surface area contributed by atoms with Gasteiger partial charge in [0.05, 0.1) is 22.2 Å². The van der Waals surface area contributed by atoms with Crippen LogP contribution in [-0.4, -0.2) is 29.0 Å². The summed E-state index contributed by atoms with van der Waals surface area (Å²) >= 11 is 17.2. The number of allylic oxidation sites excluding steroid dienone is 3. The Morgan fingerprint density at radius 3 is 2.68 bits per heavy atom. The van der Waals surface area contributed by atoms with E-state index >= 15 is 0 Å². The Kier molecular flexibility index (Phi) is 7.29. The van der Waals surface area contributed by atoms with Gasteiger partial charge >= 0.3 is 0 Å². The number of hydrogen-bond acceptors (Lipinski definition) is 4. The van der Waals surface area contributed by atoms with Gasteiger partial charge in [0, 0.05) is 30.0 Å². The highest BCUT2D eigenvalue weighted by atomic mass is 35.5. The average molecular weight is 400 g/mol. The Bertz CT molecular complexity index is 721. The van der Waals surface area contributed by atoms with Crippen LogP contribution in [0.3, 0.4) is 0 Å². The van der Waals surface area contributed by atoms with Crippen LogP contribution in [0, 0.1) is 0 Å². The Labute approximate surface area is 162 Å². The second-order valence-electron chi connectivity index (χ2n) is 5.68. The molecular formula is C18H19Cl2NO3S. The number of rotatable bonds is 7. The second kappa shape index (κ2) is 9.22. The summed E-state index contributed by atoms with van der Waals surface area (Å²) in [6.45, 7) is 2.89. The largest absolute Gasteiger partial charge is 0.508 e. The summed E-state index contributed by atoms with van der Waals surface area (Å²) < 4.78 is 5.55. The summed E-state index contributed by atoms with van der Waals surface area (Å²) in [6, 6.07) is 2.75. The molecule has 7 heteroatoms. The molecule has 0 radical (unpaired) electrons. The molecule has 1 aromatic rings. The topological polar surface area (TPSA) is 58.6 Å². The Hall–Kier alpha value is -1.56. The molecule has 0 aromatic heterocycles. The lowest BCUT2D eigenvalue weighted by Gasteiger charge is -2.13. The van der Waals surface area contributed by atoms with Crippen LogP contribution in [0.15, 0.2) is 35.4 Å². The summed E-state index contributed by atoms with van der Waals surface area (Å²) in [5.74, 6) is 0.207. The van der Waals surface area contributed by atoms with E-state index in [0.717, 1.165) is 18.4 Å². The lowest BCUT2D eigenvalue weighted by Crippen LogP contribution is -2.29. The van der Waals surface area contributed by atoms with Crippen molar-refractivity contribution in [2.24, 2.45) is 0 Å². The number of carbonyl (C=O) groups excluding carboxylic acids is 1. The Morgan fingerprint density at radius 1 is 1.32 bits per heavy atom. The van der Waals surface area contributed by atoms with Crippen LogP contribution in [-0.2, 0) is 4.79 Å². The molecular weight excluding hydrogens is 381 g/mol. The summed E-state index contributed by atoms with van der Waals surface area (Å²) in [4.78, 5) is 12.8. The van der Waals surface area contributed by atoms with Crippen LogP contribution in [0.2, 0.25) is 10.0 Å². The standard InChI is InChI=1S/C18H19Cl2NO3S/c1-11-4-5-16(25)13(8-11)18(23)21-6-2-3-7-24-17-14(19)9-12(22)10-15(17)20/h4,8-10,22H,2-3,5-7H2,1H3,(H,21,23). The van der Waals surface area contributed by atoms with Gasteiger partial charge in [0.15, 0.2) is 5.75 Å². The van der Waals surface area contributed by atoms with Crippen LogP contribution in [0.4, 0.5) is 0 Å². The molecule has 0 unspecified atom stereocenters. The zero-order chi connectivity index (χ0) is 18.4. The van der Waals surface area contributed by atoms with Crippen molar-refractivity contribution in [1.82, 2.24) is 5.32 Å². The van der Waals surface area contributed by atoms with Gasteiger partial charge in [0.1, 0.15) is 5.75 Å². The Morgan fingerprint density at radius 2 is 2.00 bits per heavy atom. The number of phenolic OH excluding ortho intramolecular Hbond substituents is 1. The first kappa shape index (κ1) is 19.8. The summed E-state index contributed by atoms with van der Waals surface area (Å²) in [6.07, 6.45) is 5.93. The van der Waals surface area contributed by atoms with Crippen molar-refractivity contribution in [2.45, 2.75) is 26.2 Å². The molecule has 0 bridgehead atoms. The quantitative estimate of drug-likeness (QED) is 0.518. The van der Waals surface area contributed by atoms with Crippen molar-refractivity contribution in [1.29, 1.82) is 0 Å². The summed E-state index contributed by atoms with van der Waals surface area (Å²) in [7, 11) is 0. The molecule has 2 rings (SSSR count). The third-order valence-electron chi connectivity index (χ3n) is 3.61. The number of carbonyl (C=O) groups is 1. The number of amides is 1. The smallest absolute Gasteiger partial charge is 0.252 e. The molecule has 1 aromatic carbocycles. The van der Waals surface area contributed by atoms with Crippen LogP contribution in [0.25, 0.3) is 0 Å². The molecule has 0 saturated carbocycles. The number of unbranched alkanes of at least 4 members (excludes halogenated alkanes) is 1. The molecule has 0 saturated heterocycles. The van der Waals surface area contributed by atoms with E-state index in [1.54, 1.807) is 0 Å². The van der Waals surface area contributed by atoms with E-state index < -0.39 is 0 Å². The normalized spacial score (nSPS) is 14.0. The molecule has 1 aliphatic carbocycles. The number of ether oxygens (including phenoxy) is 1. The molecule has 0 fully saturated rings. The molecule has 4 nitrogen and oxygen atoms in total. The van der Waals surface area contributed by atoms with Crippen LogP contribution < -0.4 is 10.1 Å². The minimum Gasteiger partial charge on any atom is -0.508 e. The summed E-state index contributed by atoms with van der Waals surface area (Å²) in [5.41, 5.74) is 1.63. The maximum Gasteiger partial charge on any atom is 0.252 e. The molecule has 0 aliphatic heterocycles. The van der Waals surface area contributed by atoms with E-state index in [9.17, 15) is 9.90 Å². The number of benzene rings is 1. The van der Waals surface area contributed by atoms with E-state index in [-0.39, 0.29) is 21.7 Å². The fourth-order valence-electron chi connectivity index (χ4n) is 2.31. The van der Waals surface area contributed by atoms with E-state index in [4.69, 9.17) is 40.2 Å².